The van der Waals surface area contributed by atoms with Crippen molar-refractivity contribution in [1.82, 2.24) is 4.90 Å². The van der Waals surface area contributed by atoms with Crippen molar-refractivity contribution in [3.63, 3.8) is 0 Å². The molecule has 0 N–H and O–H groups in total. The van der Waals surface area contributed by atoms with Crippen LogP contribution in [0.1, 0.15) is 189 Å². The maximum atomic E-state index is 6.71. The number of hydrogen-bond acceptors (Lipinski definition) is 3. The van der Waals surface area contributed by atoms with Gasteiger partial charge in [0.15, 0.2) is 0 Å². The fourth-order valence-electron chi connectivity index (χ4n) is 10.7. The molecule has 4 aliphatic carbocycles. The molecule has 0 aromatic carbocycles. The van der Waals surface area contributed by atoms with Crippen molar-refractivity contribution in [1.29, 1.82) is 0 Å². The van der Waals surface area contributed by atoms with Crippen molar-refractivity contribution in [2.24, 2.45) is 41.4 Å². The average molecular weight is 696 g/mol. The van der Waals surface area contributed by atoms with Crippen molar-refractivity contribution >= 4 is 0 Å². The first-order valence-corrected chi connectivity index (χ1v) is 22.5. The summed E-state index contributed by atoms with van der Waals surface area (Å²) in [4.78, 5) is 3.18. The lowest BCUT2D eigenvalue weighted by atomic mass is 9.75. The predicted octanol–water partition coefficient (Wildman–Crippen LogP) is 13.4. The van der Waals surface area contributed by atoms with Gasteiger partial charge in [-0.25, -0.2) is 0 Å². The van der Waals surface area contributed by atoms with Gasteiger partial charge in [-0.1, -0.05) is 110 Å². The normalized spacial score (nSPS) is 35.1. The second kappa shape index (κ2) is 23.2. The van der Waals surface area contributed by atoms with Crippen molar-refractivity contribution in [2.75, 3.05) is 13.7 Å². The zero-order valence-corrected chi connectivity index (χ0v) is 34.5. The van der Waals surface area contributed by atoms with E-state index in [0.717, 1.165) is 67.2 Å². The number of unbranched alkanes of at least 4 members (excludes halogenated alkanes) is 3. The molecule has 0 bridgehead atoms. The highest BCUT2D eigenvalue weighted by atomic mass is 16.5. The van der Waals surface area contributed by atoms with Gasteiger partial charge in [-0.05, 0) is 133 Å². The highest BCUT2D eigenvalue weighted by Gasteiger charge is 2.39. The van der Waals surface area contributed by atoms with Crippen LogP contribution in [0.15, 0.2) is 24.3 Å². The standard InChI is InChI=1S/C47H85NO2/c1-8-10-11-12-17-39-21-28-44(29-22-39)48(43-26-18-38(6)19-27-43)45-30-23-40(24-31-45)20-25-42-35-47(41(14-9-2)34-46(42)49-7)50-33-32-37(5)16-13-15-36(3)4/h9,14,20,25,36-47H,8,10-13,15-19,21-24,26-35H2,1-7H3/b14-9+,25-20+. The van der Waals surface area contributed by atoms with E-state index in [1.807, 2.05) is 7.11 Å². The Hall–Kier alpha value is -0.640. The third-order valence-electron chi connectivity index (χ3n) is 14.0. The van der Waals surface area contributed by atoms with Crippen LogP contribution in [0.5, 0.6) is 0 Å². The third-order valence-corrected chi connectivity index (χ3v) is 14.0. The number of allylic oxidation sites excluding steroid dienone is 2. The van der Waals surface area contributed by atoms with E-state index in [1.165, 1.54) is 135 Å². The van der Waals surface area contributed by atoms with Crippen LogP contribution in [0, 0.1) is 41.4 Å². The molecular weight excluding hydrogens is 611 g/mol. The van der Waals surface area contributed by atoms with Crippen molar-refractivity contribution in [3.8, 4) is 0 Å². The zero-order chi connectivity index (χ0) is 35.7. The van der Waals surface area contributed by atoms with Gasteiger partial charge >= 0.3 is 0 Å². The lowest BCUT2D eigenvalue weighted by Crippen LogP contribution is -2.52. The van der Waals surface area contributed by atoms with Crippen LogP contribution in [0.3, 0.4) is 0 Å². The number of hydrogen-bond donors (Lipinski definition) is 0. The summed E-state index contributed by atoms with van der Waals surface area (Å²) in [6, 6.07) is 2.52. The molecule has 3 heteroatoms. The SMILES string of the molecule is C/C=C/C1CC(OC)C(/C=C/C2CCC(N(C3CCC(C)CC3)C3CCC(CCCCCC)CC3)CC2)CC1OCCC(C)CCCC(C)C. The topological polar surface area (TPSA) is 21.7 Å². The Morgan fingerprint density at radius 3 is 1.90 bits per heavy atom. The van der Waals surface area contributed by atoms with Crippen LogP contribution < -0.4 is 0 Å². The maximum Gasteiger partial charge on any atom is 0.0645 e. The minimum atomic E-state index is 0.296. The zero-order valence-electron chi connectivity index (χ0n) is 34.5. The van der Waals surface area contributed by atoms with Gasteiger partial charge in [0.05, 0.1) is 12.2 Å². The Bertz CT molecular complexity index is 919. The van der Waals surface area contributed by atoms with Crippen LogP contribution in [0.4, 0.5) is 0 Å². The van der Waals surface area contributed by atoms with Gasteiger partial charge in [0, 0.05) is 43.7 Å². The van der Waals surface area contributed by atoms with E-state index >= 15 is 0 Å². The van der Waals surface area contributed by atoms with E-state index < -0.39 is 0 Å². The van der Waals surface area contributed by atoms with Crippen molar-refractivity contribution in [2.45, 2.75) is 220 Å². The van der Waals surface area contributed by atoms with Crippen LogP contribution in [0.25, 0.3) is 0 Å². The van der Waals surface area contributed by atoms with E-state index in [0.29, 0.717) is 24.0 Å². The molecule has 0 radical (unpaired) electrons. The minimum Gasteiger partial charge on any atom is -0.381 e. The van der Waals surface area contributed by atoms with E-state index in [1.54, 1.807) is 0 Å². The highest BCUT2D eigenvalue weighted by Crippen LogP contribution is 2.41. The molecule has 0 saturated heterocycles. The summed E-state index contributed by atoms with van der Waals surface area (Å²) in [5, 5.41) is 0. The molecule has 0 aromatic rings. The van der Waals surface area contributed by atoms with Gasteiger partial charge in [-0.2, -0.15) is 0 Å². The minimum absolute atomic E-state index is 0.296. The van der Waals surface area contributed by atoms with E-state index in [4.69, 9.17) is 9.47 Å². The van der Waals surface area contributed by atoms with Crippen LogP contribution >= 0.6 is 0 Å². The molecule has 0 heterocycles. The largest absolute Gasteiger partial charge is 0.381 e. The summed E-state index contributed by atoms with van der Waals surface area (Å²) in [6.07, 6.45) is 42.3. The summed E-state index contributed by atoms with van der Waals surface area (Å²) >= 11 is 0. The van der Waals surface area contributed by atoms with Gasteiger partial charge in [-0.15, -0.1) is 0 Å². The summed E-state index contributed by atoms with van der Waals surface area (Å²) in [5.41, 5.74) is 0. The summed E-state index contributed by atoms with van der Waals surface area (Å²) in [6.45, 7) is 15.0. The molecule has 0 amide bonds. The first-order chi connectivity index (χ1) is 24.3. The fraction of sp³-hybridized carbons (Fsp3) is 0.915. The monoisotopic (exact) mass is 696 g/mol. The van der Waals surface area contributed by atoms with E-state index in [9.17, 15) is 0 Å². The second-order valence-electron chi connectivity index (χ2n) is 18.6. The molecule has 0 spiro atoms. The summed E-state index contributed by atoms with van der Waals surface area (Å²) in [7, 11) is 1.93. The number of ether oxygens (including phenoxy) is 2. The first kappa shape index (κ1) is 42.1. The van der Waals surface area contributed by atoms with E-state index in [-0.39, 0.29) is 0 Å². The Morgan fingerprint density at radius 2 is 1.28 bits per heavy atom. The van der Waals surface area contributed by atoms with Gasteiger partial charge in [-0.3, -0.25) is 4.90 Å². The molecule has 4 aliphatic rings. The molecule has 5 unspecified atom stereocenters. The van der Waals surface area contributed by atoms with Crippen LogP contribution in [-0.4, -0.2) is 49.0 Å². The third kappa shape index (κ3) is 14.0. The van der Waals surface area contributed by atoms with Crippen molar-refractivity contribution < 1.29 is 9.47 Å². The van der Waals surface area contributed by atoms with Crippen LogP contribution in [-0.2, 0) is 9.47 Å². The Morgan fingerprint density at radius 1 is 0.660 bits per heavy atom. The molecule has 0 aromatic heterocycles. The lowest BCUT2D eigenvalue weighted by molar-refractivity contribution is -0.0614. The molecule has 4 rings (SSSR count). The highest BCUT2D eigenvalue weighted by molar-refractivity contribution is 5.05. The number of nitrogens with zero attached hydrogens (tertiary/aromatic N) is 1. The van der Waals surface area contributed by atoms with Crippen LogP contribution in [0.2, 0.25) is 0 Å². The molecule has 4 fully saturated rings. The molecule has 0 aliphatic heterocycles. The Labute approximate surface area is 312 Å². The molecule has 5 atom stereocenters. The number of methoxy groups -OCH3 is 1. The summed E-state index contributed by atoms with van der Waals surface area (Å²) < 4.78 is 12.9. The lowest BCUT2D eigenvalue weighted by Gasteiger charge is -2.49. The Balaban J connectivity index is 1.29. The van der Waals surface area contributed by atoms with E-state index in [2.05, 4.69) is 70.7 Å². The predicted molar refractivity (Wildman–Crippen MR) is 217 cm³/mol. The fourth-order valence-corrected chi connectivity index (χ4v) is 10.7. The average Bonchev–Trinajstić information content (AvgIpc) is 3.12. The summed E-state index contributed by atoms with van der Waals surface area (Å²) in [5.74, 6) is 5.17. The maximum absolute atomic E-state index is 6.71. The van der Waals surface area contributed by atoms with Gasteiger partial charge < -0.3 is 9.47 Å². The molecule has 290 valence electrons. The molecule has 50 heavy (non-hydrogen) atoms. The smallest absolute Gasteiger partial charge is 0.0645 e. The second-order valence-corrected chi connectivity index (χ2v) is 18.6. The number of rotatable bonds is 20. The molecule has 3 nitrogen and oxygen atoms in total. The first-order valence-electron chi connectivity index (χ1n) is 22.5. The van der Waals surface area contributed by atoms with Gasteiger partial charge in [0.25, 0.3) is 0 Å². The van der Waals surface area contributed by atoms with Crippen molar-refractivity contribution in [3.05, 3.63) is 24.3 Å². The van der Waals surface area contributed by atoms with Gasteiger partial charge in [0.2, 0.25) is 0 Å². The molecular formula is C47H85NO2. The van der Waals surface area contributed by atoms with Gasteiger partial charge in [0.1, 0.15) is 0 Å². The quantitative estimate of drug-likeness (QED) is 0.0935. The Kier molecular flexibility index (Phi) is 19.5. The molecule has 4 saturated carbocycles.